The van der Waals surface area contributed by atoms with Crippen molar-refractivity contribution in [3.05, 3.63) is 41.2 Å². The third-order valence-corrected chi connectivity index (χ3v) is 6.19. The van der Waals surface area contributed by atoms with Crippen LogP contribution in [-0.4, -0.2) is 35.6 Å². The number of rotatable bonds is 3. The van der Waals surface area contributed by atoms with Crippen molar-refractivity contribution in [1.29, 1.82) is 0 Å². The molecule has 6 nitrogen and oxygen atoms in total. The highest BCUT2D eigenvalue weighted by molar-refractivity contribution is 7.91. The minimum absolute atomic E-state index is 0.0664. The molecule has 0 saturated carbocycles. The van der Waals surface area contributed by atoms with E-state index < -0.39 is 15.8 Å². The maximum absolute atomic E-state index is 12.4. The molecule has 1 aliphatic heterocycles. The van der Waals surface area contributed by atoms with Crippen LogP contribution in [0.4, 0.5) is 5.69 Å². The fourth-order valence-electron chi connectivity index (χ4n) is 2.99. The number of benzene rings is 1. The van der Waals surface area contributed by atoms with Gasteiger partial charge in [0.25, 0.3) is 0 Å². The molecule has 1 saturated heterocycles. The predicted molar refractivity (Wildman–Crippen MR) is 93.2 cm³/mol. The second kappa shape index (κ2) is 6.05. The topological polar surface area (TPSA) is 81.1 Å². The van der Waals surface area contributed by atoms with Crippen molar-refractivity contribution in [1.82, 2.24) is 9.78 Å². The largest absolute Gasteiger partial charge is 0.323 e. The molecule has 0 unspecified atom stereocenters. The highest BCUT2D eigenvalue weighted by Gasteiger charge is 2.33. The van der Waals surface area contributed by atoms with E-state index in [0.717, 1.165) is 16.9 Å². The van der Waals surface area contributed by atoms with Crippen molar-refractivity contribution in [2.45, 2.75) is 27.2 Å². The minimum Gasteiger partial charge on any atom is -0.323 e. The van der Waals surface area contributed by atoms with Gasteiger partial charge < -0.3 is 5.32 Å². The summed E-state index contributed by atoms with van der Waals surface area (Å²) in [6, 6.07) is 7.97. The molecule has 1 aromatic heterocycles. The van der Waals surface area contributed by atoms with E-state index in [1.165, 1.54) is 0 Å². The summed E-state index contributed by atoms with van der Waals surface area (Å²) in [5.41, 5.74) is 4.28. The molecule has 1 aliphatic rings. The van der Waals surface area contributed by atoms with Crippen molar-refractivity contribution in [2.24, 2.45) is 5.92 Å². The lowest BCUT2D eigenvalue weighted by atomic mass is 10.1. The van der Waals surface area contributed by atoms with Crippen molar-refractivity contribution in [3.8, 4) is 5.69 Å². The van der Waals surface area contributed by atoms with E-state index in [0.29, 0.717) is 17.8 Å². The Kier molecular flexibility index (Phi) is 4.21. The van der Waals surface area contributed by atoms with Gasteiger partial charge >= 0.3 is 0 Å². The molecule has 2 heterocycles. The number of aromatic nitrogens is 2. The second-order valence-corrected chi connectivity index (χ2v) is 8.61. The van der Waals surface area contributed by atoms with Gasteiger partial charge in [-0.15, -0.1) is 0 Å². The standard InChI is InChI=1S/C17H21N3O3S/c1-11-4-6-15(7-5-11)20-13(3)16(12(2)19-20)18-17(21)14-8-9-24(22,23)10-14/h4-7,14H,8-10H2,1-3H3,(H,18,21)/t14-/m1/s1. The van der Waals surface area contributed by atoms with Crippen LogP contribution < -0.4 is 5.32 Å². The summed E-state index contributed by atoms with van der Waals surface area (Å²) in [5.74, 6) is -0.698. The van der Waals surface area contributed by atoms with Crippen LogP contribution >= 0.6 is 0 Å². The van der Waals surface area contributed by atoms with Crippen LogP contribution in [-0.2, 0) is 14.6 Å². The van der Waals surface area contributed by atoms with E-state index in [1.54, 1.807) is 4.68 Å². The Morgan fingerprint density at radius 3 is 2.46 bits per heavy atom. The first kappa shape index (κ1) is 16.7. The van der Waals surface area contributed by atoms with Crippen molar-refractivity contribution in [3.63, 3.8) is 0 Å². The SMILES string of the molecule is Cc1ccc(-n2nc(C)c(NC(=O)[C@@H]3CCS(=O)(=O)C3)c2C)cc1. The van der Waals surface area contributed by atoms with Gasteiger partial charge in [-0.3, -0.25) is 4.79 Å². The number of hydrogen-bond acceptors (Lipinski definition) is 4. The van der Waals surface area contributed by atoms with E-state index in [2.05, 4.69) is 10.4 Å². The number of nitrogens with one attached hydrogen (secondary N) is 1. The van der Waals surface area contributed by atoms with Gasteiger partial charge in [0.15, 0.2) is 9.84 Å². The number of amides is 1. The molecular weight excluding hydrogens is 326 g/mol. The smallest absolute Gasteiger partial charge is 0.228 e. The molecule has 2 aromatic rings. The number of aryl methyl sites for hydroxylation is 2. The van der Waals surface area contributed by atoms with Crippen LogP contribution in [0, 0.1) is 26.7 Å². The normalized spacial score (nSPS) is 19.4. The Hall–Kier alpha value is -2.15. The third kappa shape index (κ3) is 3.21. The van der Waals surface area contributed by atoms with Gasteiger partial charge in [0.1, 0.15) is 0 Å². The van der Waals surface area contributed by atoms with Gasteiger partial charge in [0.05, 0.1) is 40.2 Å². The van der Waals surface area contributed by atoms with Crippen LogP contribution in [0.25, 0.3) is 5.69 Å². The number of nitrogens with zero attached hydrogens (tertiary/aromatic N) is 2. The highest BCUT2D eigenvalue weighted by Crippen LogP contribution is 2.26. The zero-order valence-electron chi connectivity index (χ0n) is 14.0. The number of hydrogen-bond donors (Lipinski definition) is 1. The molecular formula is C17H21N3O3S. The van der Waals surface area contributed by atoms with Gasteiger partial charge in [-0.1, -0.05) is 17.7 Å². The number of carbonyl (C=O) groups is 1. The molecule has 3 rings (SSSR count). The summed E-state index contributed by atoms with van der Waals surface area (Å²) in [4.78, 5) is 12.4. The third-order valence-electron chi connectivity index (χ3n) is 4.42. The van der Waals surface area contributed by atoms with Crippen LogP contribution in [0.2, 0.25) is 0 Å². The van der Waals surface area contributed by atoms with Gasteiger partial charge in [0, 0.05) is 0 Å². The molecule has 1 fully saturated rings. The van der Waals surface area contributed by atoms with E-state index in [4.69, 9.17) is 0 Å². The summed E-state index contributed by atoms with van der Waals surface area (Å²) in [6.07, 6.45) is 0.387. The molecule has 1 atom stereocenters. The number of carbonyl (C=O) groups excluding carboxylic acids is 1. The average Bonchev–Trinajstić information content (AvgIpc) is 3.02. The van der Waals surface area contributed by atoms with Crippen molar-refractivity contribution >= 4 is 21.4 Å². The molecule has 0 aliphatic carbocycles. The fraction of sp³-hybridized carbons (Fsp3) is 0.412. The highest BCUT2D eigenvalue weighted by atomic mass is 32.2. The van der Waals surface area contributed by atoms with Gasteiger partial charge in [-0.2, -0.15) is 5.10 Å². The van der Waals surface area contributed by atoms with Gasteiger partial charge in [0.2, 0.25) is 5.91 Å². The maximum Gasteiger partial charge on any atom is 0.228 e. The zero-order valence-corrected chi connectivity index (χ0v) is 14.9. The van der Waals surface area contributed by atoms with Gasteiger partial charge in [-0.25, -0.2) is 13.1 Å². The first-order chi connectivity index (χ1) is 11.3. The molecule has 0 spiro atoms. The summed E-state index contributed by atoms with van der Waals surface area (Å²) in [7, 11) is -3.08. The first-order valence-electron chi connectivity index (χ1n) is 7.91. The summed E-state index contributed by atoms with van der Waals surface area (Å²) in [6.45, 7) is 5.74. The van der Waals surface area contributed by atoms with E-state index >= 15 is 0 Å². The molecule has 1 aromatic carbocycles. The molecule has 7 heteroatoms. The molecule has 0 radical (unpaired) electrons. The monoisotopic (exact) mass is 347 g/mol. The maximum atomic E-state index is 12.4. The molecule has 1 amide bonds. The summed E-state index contributed by atoms with van der Waals surface area (Å²) in [5, 5.41) is 7.38. The number of anilines is 1. The van der Waals surface area contributed by atoms with E-state index in [1.807, 2.05) is 45.0 Å². The lowest BCUT2D eigenvalue weighted by Crippen LogP contribution is -2.24. The molecule has 128 valence electrons. The predicted octanol–water partition coefficient (Wildman–Crippen LogP) is 2.17. The Balaban J connectivity index is 1.84. The Labute approximate surface area is 141 Å². The minimum atomic E-state index is -3.08. The fourth-order valence-corrected chi connectivity index (χ4v) is 4.73. The summed E-state index contributed by atoms with van der Waals surface area (Å²) < 4.78 is 24.9. The van der Waals surface area contributed by atoms with Crippen LogP contribution in [0.5, 0.6) is 0 Å². The molecule has 24 heavy (non-hydrogen) atoms. The van der Waals surface area contributed by atoms with Crippen molar-refractivity contribution in [2.75, 3.05) is 16.8 Å². The zero-order chi connectivity index (χ0) is 17.5. The van der Waals surface area contributed by atoms with E-state index in [-0.39, 0.29) is 17.4 Å². The van der Waals surface area contributed by atoms with Crippen LogP contribution in [0.15, 0.2) is 24.3 Å². The lowest BCUT2D eigenvalue weighted by Gasteiger charge is -2.10. The Morgan fingerprint density at radius 1 is 1.21 bits per heavy atom. The second-order valence-electron chi connectivity index (χ2n) is 6.38. The summed E-state index contributed by atoms with van der Waals surface area (Å²) >= 11 is 0. The first-order valence-corrected chi connectivity index (χ1v) is 9.73. The average molecular weight is 347 g/mol. The molecule has 0 bridgehead atoms. The van der Waals surface area contributed by atoms with E-state index in [9.17, 15) is 13.2 Å². The Morgan fingerprint density at radius 2 is 1.88 bits per heavy atom. The lowest BCUT2D eigenvalue weighted by molar-refractivity contribution is -0.119. The Bertz CT molecular complexity index is 883. The van der Waals surface area contributed by atoms with Gasteiger partial charge in [-0.05, 0) is 39.3 Å². The molecule has 1 N–H and O–H groups in total. The number of sulfone groups is 1. The van der Waals surface area contributed by atoms with Crippen LogP contribution in [0.1, 0.15) is 23.4 Å². The quantitative estimate of drug-likeness (QED) is 0.923. The van der Waals surface area contributed by atoms with Crippen molar-refractivity contribution < 1.29 is 13.2 Å². The van der Waals surface area contributed by atoms with Crippen LogP contribution in [0.3, 0.4) is 0 Å².